The van der Waals surface area contributed by atoms with Gasteiger partial charge in [-0.05, 0) is 18.2 Å². The third-order valence-corrected chi connectivity index (χ3v) is 6.25. The highest BCUT2D eigenvalue weighted by Crippen LogP contribution is 2.23. The number of benzene rings is 1. The third kappa shape index (κ3) is 4.12. The van der Waals surface area contributed by atoms with Crippen LogP contribution in [0.15, 0.2) is 23.1 Å². The van der Waals surface area contributed by atoms with Crippen molar-refractivity contribution in [2.45, 2.75) is 30.2 Å². The summed E-state index contributed by atoms with van der Waals surface area (Å²) in [6, 6.07) is 2.72. The Kier molecular flexibility index (Phi) is 5.50. The molecule has 2 aliphatic rings. The van der Waals surface area contributed by atoms with Crippen molar-refractivity contribution in [3.05, 3.63) is 29.0 Å². The summed E-state index contributed by atoms with van der Waals surface area (Å²) >= 11 is 5.58. The molecule has 2 saturated heterocycles. The van der Waals surface area contributed by atoms with Gasteiger partial charge in [-0.1, -0.05) is 11.6 Å². The minimum absolute atomic E-state index is 0.0806. The molecule has 3 amide bonds. The smallest absolute Gasteiger partial charge is 0.240 e. The number of nitrogens with zero attached hydrogens (tertiary/aromatic N) is 2. The van der Waals surface area contributed by atoms with Crippen molar-refractivity contribution in [3.63, 3.8) is 0 Å². The molecule has 2 aliphatic heterocycles. The van der Waals surface area contributed by atoms with Gasteiger partial charge in [0, 0.05) is 38.9 Å². The molecule has 0 atom stereocenters. The van der Waals surface area contributed by atoms with Crippen molar-refractivity contribution < 1.29 is 27.2 Å². The zero-order chi connectivity index (χ0) is 19.8. The molecule has 1 N–H and O–H groups in total. The standard InChI is InChI=1S/C16H17ClFN3O5S/c17-12-7-11(1-2-13(12)18)27(25,26)19-6-5-14(22)20-8-10(9-20)21-15(23)3-4-16(21)24/h1-2,7,10,19H,3-6,8-9H2. The molecule has 3 rings (SSSR count). The maximum atomic E-state index is 13.1. The van der Waals surface area contributed by atoms with Crippen molar-refractivity contribution in [1.82, 2.24) is 14.5 Å². The number of carbonyl (C=O) groups excluding carboxylic acids is 3. The van der Waals surface area contributed by atoms with E-state index in [0.717, 1.165) is 18.2 Å². The molecule has 0 aliphatic carbocycles. The normalized spacial score (nSPS) is 18.1. The van der Waals surface area contributed by atoms with Crippen LogP contribution in [0.3, 0.4) is 0 Å². The number of sulfonamides is 1. The van der Waals surface area contributed by atoms with Crippen LogP contribution in [-0.2, 0) is 24.4 Å². The topological polar surface area (TPSA) is 104 Å². The van der Waals surface area contributed by atoms with Gasteiger partial charge in [0.25, 0.3) is 0 Å². The van der Waals surface area contributed by atoms with E-state index in [-0.39, 0.29) is 72.6 Å². The molecule has 2 heterocycles. The number of imide groups is 1. The molecular weight excluding hydrogens is 401 g/mol. The van der Waals surface area contributed by atoms with E-state index in [0.29, 0.717) is 0 Å². The predicted molar refractivity (Wildman–Crippen MR) is 92.7 cm³/mol. The number of rotatable bonds is 6. The Hall–Kier alpha value is -2.04. The van der Waals surface area contributed by atoms with Gasteiger partial charge >= 0.3 is 0 Å². The fraction of sp³-hybridized carbons (Fsp3) is 0.438. The average molecular weight is 418 g/mol. The number of hydrogen-bond donors (Lipinski definition) is 1. The molecule has 0 aromatic heterocycles. The fourth-order valence-corrected chi connectivity index (χ4v) is 4.30. The number of halogens is 2. The molecule has 11 heteroatoms. The Morgan fingerprint density at radius 2 is 1.85 bits per heavy atom. The van der Waals surface area contributed by atoms with Gasteiger partial charge < -0.3 is 4.90 Å². The molecule has 27 heavy (non-hydrogen) atoms. The summed E-state index contributed by atoms with van der Waals surface area (Å²) in [7, 11) is -3.92. The summed E-state index contributed by atoms with van der Waals surface area (Å²) in [5.41, 5.74) is 0. The lowest BCUT2D eigenvalue weighted by Crippen LogP contribution is -2.62. The van der Waals surface area contributed by atoms with Gasteiger partial charge in [-0.3, -0.25) is 19.3 Å². The SMILES string of the molecule is O=C(CCNS(=O)(=O)c1ccc(F)c(Cl)c1)N1CC(N2C(=O)CCC2=O)C1. The van der Waals surface area contributed by atoms with Crippen molar-refractivity contribution in [2.75, 3.05) is 19.6 Å². The Morgan fingerprint density at radius 1 is 1.22 bits per heavy atom. The lowest BCUT2D eigenvalue weighted by Gasteiger charge is -2.43. The predicted octanol–water partition coefficient (Wildman–Crippen LogP) is 0.507. The van der Waals surface area contributed by atoms with Gasteiger partial charge in [0.15, 0.2) is 0 Å². The van der Waals surface area contributed by atoms with Crippen LogP contribution in [0.25, 0.3) is 0 Å². The largest absolute Gasteiger partial charge is 0.338 e. The number of carbonyl (C=O) groups is 3. The summed E-state index contributed by atoms with van der Waals surface area (Å²) in [6.45, 7) is 0.381. The van der Waals surface area contributed by atoms with E-state index in [4.69, 9.17) is 11.6 Å². The third-order valence-electron chi connectivity index (χ3n) is 4.50. The molecule has 8 nitrogen and oxygen atoms in total. The molecule has 0 spiro atoms. The minimum atomic E-state index is -3.92. The number of amides is 3. The van der Waals surface area contributed by atoms with Crippen molar-refractivity contribution in [1.29, 1.82) is 0 Å². The first-order valence-electron chi connectivity index (χ1n) is 8.26. The Bertz CT molecular complexity index is 885. The van der Waals surface area contributed by atoms with Crippen molar-refractivity contribution in [3.8, 4) is 0 Å². The molecule has 1 aromatic carbocycles. The van der Waals surface area contributed by atoms with Gasteiger partial charge in [0.2, 0.25) is 27.7 Å². The Balaban J connectivity index is 1.47. The van der Waals surface area contributed by atoms with Crippen LogP contribution in [0.4, 0.5) is 4.39 Å². The molecule has 0 saturated carbocycles. The monoisotopic (exact) mass is 417 g/mol. The van der Waals surface area contributed by atoms with E-state index in [1.54, 1.807) is 0 Å². The number of likely N-dealkylation sites (tertiary alicyclic amines) is 2. The summed E-state index contributed by atoms with van der Waals surface area (Å²) in [5.74, 6) is -1.45. The fourth-order valence-electron chi connectivity index (χ4n) is 3.00. The molecule has 146 valence electrons. The van der Waals surface area contributed by atoms with Gasteiger partial charge in [0.1, 0.15) is 5.82 Å². The zero-order valence-corrected chi connectivity index (χ0v) is 15.7. The van der Waals surface area contributed by atoms with E-state index >= 15 is 0 Å². The lowest BCUT2D eigenvalue weighted by atomic mass is 10.1. The zero-order valence-electron chi connectivity index (χ0n) is 14.2. The second kappa shape index (κ2) is 7.53. The first kappa shape index (κ1) is 19.7. The molecule has 0 bridgehead atoms. The minimum Gasteiger partial charge on any atom is -0.338 e. The highest BCUT2D eigenvalue weighted by atomic mass is 35.5. The van der Waals surface area contributed by atoms with Gasteiger partial charge in [-0.15, -0.1) is 0 Å². The second-order valence-electron chi connectivity index (χ2n) is 6.33. The second-order valence-corrected chi connectivity index (χ2v) is 8.51. The first-order chi connectivity index (χ1) is 12.7. The van der Waals surface area contributed by atoms with Crippen LogP contribution < -0.4 is 4.72 Å². The van der Waals surface area contributed by atoms with E-state index < -0.39 is 15.8 Å². The molecule has 0 unspecified atom stereocenters. The van der Waals surface area contributed by atoms with Gasteiger partial charge in [-0.25, -0.2) is 17.5 Å². The van der Waals surface area contributed by atoms with Gasteiger partial charge in [-0.2, -0.15) is 0 Å². The van der Waals surface area contributed by atoms with Gasteiger partial charge in [0.05, 0.1) is 16.0 Å². The van der Waals surface area contributed by atoms with Crippen molar-refractivity contribution >= 4 is 39.3 Å². The van der Waals surface area contributed by atoms with E-state index in [9.17, 15) is 27.2 Å². The maximum Gasteiger partial charge on any atom is 0.240 e. The molecule has 2 fully saturated rings. The molecular formula is C16H17ClFN3O5S. The number of hydrogen-bond acceptors (Lipinski definition) is 5. The van der Waals surface area contributed by atoms with Crippen LogP contribution in [-0.4, -0.2) is 61.6 Å². The van der Waals surface area contributed by atoms with E-state index in [1.165, 1.54) is 9.80 Å². The van der Waals surface area contributed by atoms with Crippen LogP contribution >= 0.6 is 11.6 Å². The molecule has 0 radical (unpaired) electrons. The molecule has 1 aromatic rings. The highest BCUT2D eigenvalue weighted by Gasteiger charge is 2.42. The Morgan fingerprint density at radius 3 is 2.44 bits per heavy atom. The quantitative estimate of drug-likeness (QED) is 0.679. The summed E-state index contributed by atoms with van der Waals surface area (Å²) < 4.78 is 39.6. The highest BCUT2D eigenvalue weighted by molar-refractivity contribution is 7.89. The summed E-state index contributed by atoms with van der Waals surface area (Å²) in [5, 5.41) is -0.313. The summed E-state index contributed by atoms with van der Waals surface area (Å²) in [6.07, 6.45) is 0.333. The average Bonchev–Trinajstić information content (AvgIpc) is 2.88. The maximum absolute atomic E-state index is 13.1. The first-order valence-corrected chi connectivity index (χ1v) is 10.1. The van der Waals surface area contributed by atoms with E-state index in [1.807, 2.05) is 0 Å². The van der Waals surface area contributed by atoms with Crippen LogP contribution in [0, 0.1) is 5.82 Å². The summed E-state index contributed by atoms with van der Waals surface area (Å²) in [4.78, 5) is 37.9. The lowest BCUT2D eigenvalue weighted by molar-refractivity contribution is -0.151. The van der Waals surface area contributed by atoms with Crippen molar-refractivity contribution in [2.24, 2.45) is 0 Å². The van der Waals surface area contributed by atoms with Crippen LogP contribution in [0.1, 0.15) is 19.3 Å². The number of nitrogens with one attached hydrogen (secondary N) is 1. The van der Waals surface area contributed by atoms with Crippen LogP contribution in [0.2, 0.25) is 5.02 Å². The van der Waals surface area contributed by atoms with E-state index in [2.05, 4.69) is 4.72 Å². The Labute approximate surface area is 160 Å². The van der Waals surface area contributed by atoms with Crippen LogP contribution in [0.5, 0.6) is 0 Å².